The molecule has 1 heterocycles. The summed E-state index contributed by atoms with van der Waals surface area (Å²) in [6.07, 6.45) is 4.14. The Hall–Kier alpha value is -1.21. The zero-order valence-corrected chi connectivity index (χ0v) is 21.5. The predicted molar refractivity (Wildman–Crippen MR) is 115 cm³/mol. The fourth-order valence-corrected chi connectivity index (χ4v) is 8.95. The van der Waals surface area contributed by atoms with Gasteiger partial charge in [-0.2, -0.15) is 0 Å². The fraction of sp³-hybridized carbons (Fsp3) is 0.350. The summed E-state index contributed by atoms with van der Waals surface area (Å²) in [5, 5.41) is 0. The van der Waals surface area contributed by atoms with Crippen molar-refractivity contribution in [2.75, 3.05) is 7.11 Å². The first-order chi connectivity index (χ1) is 12.5. The van der Waals surface area contributed by atoms with E-state index in [2.05, 4.69) is 92.4 Å². The minimum atomic E-state index is -1.58. The van der Waals surface area contributed by atoms with Gasteiger partial charge in [-0.25, -0.2) is 0 Å². The Morgan fingerprint density at radius 1 is 1.07 bits per heavy atom. The van der Waals surface area contributed by atoms with Gasteiger partial charge in [0.2, 0.25) is 0 Å². The number of rotatable bonds is 7. The van der Waals surface area contributed by atoms with Crippen molar-refractivity contribution in [1.82, 2.24) is 9.13 Å². The molecule has 0 atom stereocenters. The van der Waals surface area contributed by atoms with E-state index in [1.807, 2.05) is 30.6 Å². The number of imidazole rings is 1. The third-order valence-electron chi connectivity index (χ3n) is 3.96. The van der Waals surface area contributed by atoms with Crippen LogP contribution in [0.4, 0.5) is 0 Å². The molecule has 1 aromatic carbocycles. The molecule has 0 fully saturated rings. The van der Waals surface area contributed by atoms with Crippen molar-refractivity contribution in [3.05, 3.63) is 70.6 Å². The number of nitrogens with zero attached hydrogens (tertiary/aromatic N) is 2. The van der Waals surface area contributed by atoms with Crippen molar-refractivity contribution in [2.45, 2.75) is 32.7 Å². The van der Waals surface area contributed by atoms with Crippen molar-refractivity contribution >= 4 is 16.6 Å². The van der Waals surface area contributed by atoms with E-state index in [1.54, 1.807) is 7.11 Å². The van der Waals surface area contributed by atoms with Crippen molar-refractivity contribution in [3.63, 3.8) is 0 Å². The zero-order chi connectivity index (χ0) is 20.7. The van der Waals surface area contributed by atoms with E-state index in [-0.39, 0.29) is 0 Å². The molecule has 0 bridgehead atoms. The maximum atomic E-state index is 5.97. The Bertz CT molecular complexity index is 807. The van der Waals surface area contributed by atoms with E-state index < -0.39 is 16.6 Å². The van der Waals surface area contributed by atoms with Crippen molar-refractivity contribution < 1.29 is 28.2 Å². The van der Waals surface area contributed by atoms with E-state index >= 15 is 0 Å². The maximum absolute atomic E-state index is 5.97. The molecular weight excluding hydrogens is 551 g/mol. The normalized spacial score (nSPS) is 11.4. The van der Waals surface area contributed by atoms with Gasteiger partial charge in [0.25, 0.3) is 0 Å². The molecule has 0 aliphatic carbocycles. The first-order valence-corrected chi connectivity index (χ1v) is 15.9. The van der Waals surface area contributed by atoms with Crippen LogP contribution in [0.25, 0.3) is 0 Å². The van der Waals surface area contributed by atoms with Crippen LogP contribution >= 0.6 is 0 Å². The van der Waals surface area contributed by atoms with Crippen LogP contribution in [-0.4, -0.2) is 32.9 Å². The number of ether oxygens (including phenoxy) is 1. The summed E-state index contributed by atoms with van der Waals surface area (Å²) < 4.78 is 16.7. The van der Waals surface area contributed by atoms with Crippen molar-refractivity contribution in [2.24, 2.45) is 7.05 Å². The van der Waals surface area contributed by atoms with Gasteiger partial charge >= 0.3 is 106 Å². The van der Waals surface area contributed by atoms with Gasteiger partial charge in [-0.05, 0) is 26.2 Å². The number of hydrogen-bond donors (Lipinski definition) is 0. The van der Waals surface area contributed by atoms with Crippen LogP contribution in [0.15, 0.2) is 61.2 Å². The van der Waals surface area contributed by atoms with Gasteiger partial charge in [0.15, 0.2) is 16.6 Å². The Balaban J connectivity index is 0.000000293. The number of aromatic nitrogens is 2. The van der Waals surface area contributed by atoms with E-state index in [0.717, 1.165) is 12.3 Å². The van der Waals surface area contributed by atoms with Crippen molar-refractivity contribution in [3.8, 4) is 5.75 Å². The second-order valence-corrected chi connectivity index (χ2v) is 16.4. The van der Waals surface area contributed by atoms with Gasteiger partial charge in [-0.3, -0.25) is 0 Å². The van der Waals surface area contributed by atoms with Crippen LogP contribution in [0.5, 0.6) is 5.75 Å². The van der Waals surface area contributed by atoms with Gasteiger partial charge in [-0.1, -0.05) is 11.4 Å². The minimum absolute atomic E-state index is 0.872. The zero-order valence-electron chi connectivity index (χ0n) is 17.3. The summed E-state index contributed by atoms with van der Waals surface area (Å²) >= 11 is 2.32. The molecule has 1 aromatic heterocycles. The van der Waals surface area contributed by atoms with Crippen LogP contribution in [0.2, 0.25) is 26.2 Å². The predicted octanol–water partition coefficient (Wildman–Crippen LogP) is 4.83. The monoisotopic (exact) mass is 583 g/mol. The summed E-state index contributed by atoms with van der Waals surface area (Å²) in [6, 6.07) is 8.16. The van der Waals surface area contributed by atoms with Crippen LogP contribution in [-0.2, 0) is 37.1 Å². The van der Waals surface area contributed by atoms with Crippen LogP contribution < -0.4 is 4.74 Å². The molecule has 0 unspecified atom stereocenters. The quantitative estimate of drug-likeness (QED) is 0.437. The molecule has 0 amide bonds. The number of benzene rings is 1. The van der Waals surface area contributed by atoms with Gasteiger partial charge in [0, 0.05) is 0 Å². The average molecular weight is 584 g/mol. The van der Waals surface area contributed by atoms with Gasteiger partial charge in [-0.15, -0.1) is 13.2 Å². The Morgan fingerprint density at radius 2 is 1.67 bits per heavy atom. The summed E-state index contributed by atoms with van der Waals surface area (Å²) in [6.45, 7) is 17.0. The van der Waals surface area contributed by atoms with E-state index in [1.165, 1.54) is 9.37 Å². The summed E-state index contributed by atoms with van der Waals surface area (Å²) in [4.78, 5) is 0. The Labute approximate surface area is 176 Å². The third kappa shape index (κ3) is 8.13. The summed E-state index contributed by atoms with van der Waals surface area (Å²) in [7, 11) is 0.581. The van der Waals surface area contributed by atoms with Gasteiger partial charge in [0.05, 0.1) is 0 Å². The molecule has 0 spiro atoms. The van der Waals surface area contributed by atoms with Gasteiger partial charge in [0.1, 0.15) is 0 Å². The SMILES string of the molecule is C=C[Si](C)(C)O[Si](C)(C)C=C.COc1cccc(Cn2ccn(C)[c]2=[Pt])c1. The second kappa shape index (κ2) is 10.4. The molecule has 0 saturated carbocycles. The second-order valence-electron chi connectivity index (χ2n) is 7.35. The molecule has 0 aliphatic heterocycles. The first-order valence-electron chi connectivity index (χ1n) is 8.81. The number of aryl methyl sites for hydroxylation is 1. The molecule has 0 saturated heterocycles. The van der Waals surface area contributed by atoms with E-state index in [4.69, 9.17) is 8.85 Å². The van der Waals surface area contributed by atoms with E-state index in [9.17, 15) is 0 Å². The molecule has 4 nitrogen and oxygen atoms in total. The topological polar surface area (TPSA) is 28.3 Å². The van der Waals surface area contributed by atoms with Crippen LogP contribution in [0, 0.1) is 3.80 Å². The number of hydrogen-bond acceptors (Lipinski definition) is 2. The average Bonchev–Trinajstić information content (AvgIpc) is 2.94. The Kier molecular flexibility index (Phi) is 9.15. The summed E-state index contributed by atoms with van der Waals surface area (Å²) in [5.74, 6) is 0.907. The molecule has 2 aromatic rings. The molecule has 0 N–H and O–H groups in total. The molecule has 2 rings (SSSR count). The van der Waals surface area contributed by atoms with Crippen LogP contribution in [0.1, 0.15) is 5.56 Å². The first kappa shape index (κ1) is 23.8. The molecule has 7 heteroatoms. The Morgan fingerprint density at radius 3 is 2.11 bits per heavy atom. The van der Waals surface area contributed by atoms with Crippen molar-refractivity contribution in [1.29, 1.82) is 0 Å². The third-order valence-corrected chi connectivity index (χ3v) is 11.6. The fourth-order valence-electron chi connectivity index (χ4n) is 2.34. The molecule has 0 aliphatic rings. The van der Waals surface area contributed by atoms with Gasteiger partial charge < -0.3 is 4.12 Å². The number of methoxy groups -OCH3 is 1. The van der Waals surface area contributed by atoms with E-state index in [0.29, 0.717) is 0 Å². The standard InChI is InChI=1S/C12H14N2O.C8H18OSi2.Pt/c1-13-6-7-14(10-13)9-11-4-3-5-12(8-11)15-2;1-7-10(3,4)9-11(5,6)8-2;/h3-8H,9H2,1-2H3;7-8H,1-2H2,3-6H3;. The molecular formula is C20H32N2O2PtSi2. The molecule has 0 radical (unpaired) electrons. The molecule has 27 heavy (non-hydrogen) atoms. The molecule has 152 valence electrons. The van der Waals surface area contributed by atoms with Crippen LogP contribution in [0.3, 0.4) is 0 Å². The summed E-state index contributed by atoms with van der Waals surface area (Å²) in [5.41, 5.74) is 5.17.